The Morgan fingerprint density at radius 2 is 2.32 bits per heavy atom. The summed E-state index contributed by atoms with van der Waals surface area (Å²) in [5.41, 5.74) is 5.83. The number of thiazole rings is 1. The highest BCUT2D eigenvalue weighted by atomic mass is 32.2. The molecule has 0 spiro atoms. The quantitative estimate of drug-likeness (QED) is 0.783. The van der Waals surface area contributed by atoms with Crippen molar-refractivity contribution in [3.05, 3.63) is 22.5 Å². The van der Waals surface area contributed by atoms with Gasteiger partial charge in [0.25, 0.3) is 5.91 Å². The first-order chi connectivity index (χ1) is 11.8. The second kappa shape index (κ2) is 6.74. The summed E-state index contributed by atoms with van der Waals surface area (Å²) < 4.78 is 6.08. The summed E-state index contributed by atoms with van der Waals surface area (Å²) >= 11 is 3.08. The molecule has 8 heteroatoms. The number of nitrogens with zero attached hydrogens (tertiary/aromatic N) is 2. The molecule has 2 atom stereocenters. The van der Waals surface area contributed by atoms with E-state index in [0.29, 0.717) is 35.5 Å². The van der Waals surface area contributed by atoms with Gasteiger partial charge in [0, 0.05) is 22.6 Å². The lowest BCUT2D eigenvalue weighted by molar-refractivity contribution is -0.112. The molecule has 0 saturated carbocycles. The van der Waals surface area contributed by atoms with Crippen molar-refractivity contribution in [1.82, 2.24) is 4.98 Å². The number of aliphatic imine (C=N–C) groups is 1. The van der Waals surface area contributed by atoms with Crippen LogP contribution in [0.2, 0.25) is 0 Å². The Morgan fingerprint density at radius 1 is 1.56 bits per heavy atom. The number of nitrogens with one attached hydrogen (secondary N) is 1. The number of ether oxygens (including phenoxy) is 1. The SMILES string of the molecule is C=C(CC)C(=O)Nc1csc([C@]23COC(C)(C)C[C@H]2CSC(N)=N3)n1. The number of anilines is 1. The largest absolute Gasteiger partial charge is 0.379 e. The fraction of sp³-hybridized carbons (Fsp3) is 0.588. The van der Waals surface area contributed by atoms with Gasteiger partial charge in [-0.25, -0.2) is 9.98 Å². The normalized spacial score (nSPS) is 28.0. The van der Waals surface area contributed by atoms with Crippen LogP contribution in [0.5, 0.6) is 0 Å². The van der Waals surface area contributed by atoms with Gasteiger partial charge in [-0.1, -0.05) is 25.3 Å². The average molecular weight is 381 g/mol. The predicted octanol–water partition coefficient (Wildman–Crippen LogP) is 3.12. The van der Waals surface area contributed by atoms with Gasteiger partial charge in [0.15, 0.2) is 5.17 Å². The Morgan fingerprint density at radius 3 is 3.04 bits per heavy atom. The molecule has 2 aliphatic heterocycles. The molecule has 1 fully saturated rings. The van der Waals surface area contributed by atoms with Crippen LogP contribution >= 0.6 is 23.1 Å². The molecule has 0 radical (unpaired) electrons. The number of hydrogen-bond donors (Lipinski definition) is 2. The van der Waals surface area contributed by atoms with Crippen LogP contribution in [-0.4, -0.2) is 34.0 Å². The van der Waals surface area contributed by atoms with E-state index in [2.05, 4.69) is 30.7 Å². The van der Waals surface area contributed by atoms with Gasteiger partial charge >= 0.3 is 0 Å². The molecule has 3 heterocycles. The van der Waals surface area contributed by atoms with E-state index in [1.807, 2.05) is 12.3 Å². The molecule has 1 aromatic heterocycles. The van der Waals surface area contributed by atoms with Gasteiger partial charge in [-0.3, -0.25) is 4.79 Å². The molecule has 1 saturated heterocycles. The molecule has 3 N–H and O–H groups in total. The number of hydrogen-bond acceptors (Lipinski definition) is 7. The Hall–Kier alpha value is -1.38. The molecule has 0 aromatic carbocycles. The lowest BCUT2D eigenvalue weighted by Gasteiger charge is -2.47. The molecule has 0 unspecified atom stereocenters. The lowest BCUT2D eigenvalue weighted by Crippen LogP contribution is -2.52. The number of carbonyl (C=O) groups excluding carboxylic acids is 1. The minimum atomic E-state index is -0.555. The monoisotopic (exact) mass is 380 g/mol. The van der Waals surface area contributed by atoms with E-state index in [1.54, 1.807) is 11.8 Å². The fourth-order valence-corrected chi connectivity index (χ4v) is 5.11. The molecule has 1 amide bonds. The highest BCUT2D eigenvalue weighted by Gasteiger charge is 2.52. The zero-order valence-electron chi connectivity index (χ0n) is 14.8. The number of aromatic nitrogens is 1. The lowest BCUT2D eigenvalue weighted by atomic mass is 9.77. The summed E-state index contributed by atoms with van der Waals surface area (Å²) in [7, 11) is 0. The summed E-state index contributed by atoms with van der Waals surface area (Å²) in [4.78, 5) is 21.4. The van der Waals surface area contributed by atoms with Crippen LogP contribution in [0.3, 0.4) is 0 Å². The van der Waals surface area contributed by atoms with Gasteiger partial charge in [-0.15, -0.1) is 11.3 Å². The second-order valence-electron chi connectivity index (χ2n) is 7.08. The summed E-state index contributed by atoms with van der Waals surface area (Å²) in [6, 6.07) is 0. The molecule has 0 bridgehead atoms. The summed E-state index contributed by atoms with van der Waals surface area (Å²) in [5, 5.41) is 6.06. The smallest absolute Gasteiger partial charge is 0.252 e. The number of amidine groups is 1. The minimum Gasteiger partial charge on any atom is -0.379 e. The highest BCUT2D eigenvalue weighted by molar-refractivity contribution is 8.13. The Kier molecular flexibility index (Phi) is 4.96. The second-order valence-corrected chi connectivity index (χ2v) is 8.98. The Balaban J connectivity index is 1.89. The van der Waals surface area contributed by atoms with Crippen molar-refractivity contribution in [3.8, 4) is 0 Å². The predicted molar refractivity (Wildman–Crippen MR) is 104 cm³/mol. The third kappa shape index (κ3) is 3.61. The first-order valence-electron chi connectivity index (χ1n) is 8.33. The van der Waals surface area contributed by atoms with Crippen molar-refractivity contribution >= 4 is 40.0 Å². The van der Waals surface area contributed by atoms with Gasteiger partial charge in [0.05, 0.1) is 12.2 Å². The number of amides is 1. The van der Waals surface area contributed by atoms with Crippen molar-refractivity contribution in [3.63, 3.8) is 0 Å². The van der Waals surface area contributed by atoms with Crippen LogP contribution < -0.4 is 11.1 Å². The number of rotatable bonds is 4. The van der Waals surface area contributed by atoms with Crippen LogP contribution in [0.4, 0.5) is 5.82 Å². The minimum absolute atomic E-state index is 0.177. The third-order valence-electron chi connectivity index (χ3n) is 4.70. The van der Waals surface area contributed by atoms with Crippen LogP contribution in [0.25, 0.3) is 0 Å². The van der Waals surface area contributed by atoms with E-state index >= 15 is 0 Å². The van der Waals surface area contributed by atoms with E-state index in [0.717, 1.165) is 17.2 Å². The van der Waals surface area contributed by atoms with Crippen LogP contribution in [0, 0.1) is 5.92 Å². The summed E-state index contributed by atoms with van der Waals surface area (Å²) in [6.07, 6.45) is 1.50. The first-order valence-corrected chi connectivity index (χ1v) is 10.2. The van der Waals surface area contributed by atoms with Crippen LogP contribution in [-0.2, 0) is 15.1 Å². The van der Waals surface area contributed by atoms with Gasteiger partial charge in [0.2, 0.25) is 0 Å². The van der Waals surface area contributed by atoms with E-state index in [-0.39, 0.29) is 11.5 Å². The zero-order valence-corrected chi connectivity index (χ0v) is 16.4. The Bertz CT molecular complexity index is 728. The van der Waals surface area contributed by atoms with E-state index in [9.17, 15) is 4.79 Å². The third-order valence-corrected chi connectivity index (χ3v) is 6.67. The van der Waals surface area contributed by atoms with Crippen molar-refractivity contribution in [2.45, 2.75) is 44.8 Å². The molecule has 6 nitrogen and oxygen atoms in total. The van der Waals surface area contributed by atoms with Gasteiger partial charge in [0.1, 0.15) is 16.4 Å². The van der Waals surface area contributed by atoms with Crippen LogP contribution in [0.1, 0.15) is 38.6 Å². The number of thioether (sulfide) groups is 1. The zero-order chi connectivity index (χ0) is 18.2. The molecule has 0 aliphatic carbocycles. The standard InChI is InChI=1S/C17H24N4O2S2/c1-5-10(2)13(22)19-12-8-24-14(20-12)17-9-23-16(3,4)6-11(17)7-25-15(18)21-17/h8,11H,2,5-7,9H2,1,3-4H3,(H2,18,21)(H,19,22)/t11-,17-/m0/s1. The fourth-order valence-electron chi connectivity index (χ4n) is 3.16. The molecular formula is C17H24N4O2S2. The first kappa shape index (κ1) is 18.4. The molecule has 1 aromatic rings. The Labute approximate surface area is 156 Å². The van der Waals surface area contributed by atoms with Crippen molar-refractivity contribution in [2.24, 2.45) is 16.6 Å². The van der Waals surface area contributed by atoms with Crippen molar-refractivity contribution < 1.29 is 9.53 Å². The maximum atomic E-state index is 12.0. The molecule has 3 rings (SSSR count). The molecule has 25 heavy (non-hydrogen) atoms. The number of nitrogens with two attached hydrogens (primary N) is 1. The highest BCUT2D eigenvalue weighted by Crippen LogP contribution is 2.49. The average Bonchev–Trinajstić information content (AvgIpc) is 3.03. The number of fused-ring (bicyclic) bond motifs is 1. The topological polar surface area (TPSA) is 89.6 Å². The van der Waals surface area contributed by atoms with Crippen molar-refractivity contribution in [1.29, 1.82) is 0 Å². The van der Waals surface area contributed by atoms with Gasteiger partial charge < -0.3 is 15.8 Å². The molecular weight excluding hydrogens is 356 g/mol. The van der Waals surface area contributed by atoms with E-state index in [4.69, 9.17) is 15.5 Å². The van der Waals surface area contributed by atoms with Crippen molar-refractivity contribution in [2.75, 3.05) is 17.7 Å². The van der Waals surface area contributed by atoms with E-state index < -0.39 is 5.54 Å². The molecule has 136 valence electrons. The summed E-state index contributed by atoms with van der Waals surface area (Å²) in [6.45, 7) is 10.3. The summed E-state index contributed by atoms with van der Waals surface area (Å²) in [5.74, 6) is 1.53. The maximum Gasteiger partial charge on any atom is 0.252 e. The number of carbonyl (C=O) groups is 1. The maximum absolute atomic E-state index is 12.0. The van der Waals surface area contributed by atoms with E-state index in [1.165, 1.54) is 11.3 Å². The molecule has 2 aliphatic rings. The van der Waals surface area contributed by atoms with Gasteiger partial charge in [-0.2, -0.15) is 0 Å². The van der Waals surface area contributed by atoms with Gasteiger partial charge in [-0.05, 0) is 26.7 Å². The van der Waals surface area contributed by atoms with Crippen LogP contribution in [0.15, 0.2) is 22.5 Å².